The highest BCUT2D eigenvalue weighted by Gasteiger charge is 2.20. The van der Waals surface area contributed by atoms with Gasteiger partial charge in [-0.25, -0.2) is 13.6 Å². The molecule has 0 aliphatic heterocycles. The lowest BCUT2D eigenvalue weighted by Crippen LogP contribution is -2.40. The van der Waals surface area contributed by atoms with Crippen LogP contribution < -0.4 is 5.32 Å². The zero-order valence-corrected chi connectivity index (χ0v) is 9.69. The molecule has 0 saturated carbocycles. The fraction of sp³-hybridized carbons (Fsp3) is 0.250. The Bertz CT molecular complexity index is 540. The summed E-state index contributed by atoms with van der Waals surface area (Å²) in [5, 5.41) is 19.3. The Balaban J connectivity index is 2.79. The van der Waals surface area contributed by atoms with Crippen molar-refractivity contribution in [3.05, 3.63) is 35.4 Å². The number of carboxylic acid groups (broad SMARTS) is 1. The van der Waals surface area contributed by atoms with Crippen molar-refractivity contribution in [2.24, 2.45) is 0 Å². The predicted molar refractivity (Wildman–Crippen MR) is 60.1 cm³/mol. The van der Waals surface area contributed by atoms with E-state index in [4.69, 9.17) is 10.4 Å². The molecule has 1 atom stereocenters. The van der Waals surface area contributed by atoms with Gasteiger partial charge in [0.15, 0.2) is 11.6 Å². The number of aliphatic carboxylic acids is 1. The van der Waals surface area contributed by atoms with Gasteiger partial charge in [-0.1, -0.05) is 0 Å². The molecule has 0 saturated heterocycles. The average molecular weight is 268 g/mol. The molecular weight excluding hydrogens is 258 g/mol. The number of nitrogens with zero attached hydrogens (tertiary/aromatic N) is 1. The Labute approximate surface area is 107 Å². The molecular formula is C12H10F2N2O3. The number of hydrogen-bond donors (Lipinski definition) is 2. The van der Waals surface area contributed by atoms with E-state index >= 15 is 0 Å². The summed E-state index contributed by atoms with van der Waals surface area (Å²) in [7, 11) is 0. The molecule has 1 aromatic rings. The van der Waals surface area contributed by atoms with E-state index in [0.29, 0.717) is 6.07 Å². The summed E-state index contributed by atoms with van der Waals surface area (Å²) in [6.45, 7) is 0. The van der Waals surface area contributed by atoms with Crippen molar-refractivity contribution >= 4 is 11.9 Å². The molecule has 1 amide bonds. The number of benzene rings is 1. The SMILES string of the molecule is N#CCC[C@H](NC(=O)c1ccc(F)c(F)c1)C(=O)O. The van der Waals surface area contributed by atoms with Crippen LogP contribution in [0.3, 0.4) is 0 Å². The summed E-state index contributed by atoms with van der Waals surface area (Å²) in [6.07, 6.45) is -0.115. The van der Waals surface area contributed by atoms with Crippen LogP contribution in [0.25, 0.3) is 0 Å². The van der Waals surface area contributed by atoms with Gasteiger partial charge < -0.3 is 10.4 Å². The molecule has 19 heavy (non-hydrogen) atoms. The number of carbonyl (C=O) groups excluding carboxylic acids is 1. The predicted octanol–water partition coefficient (Wildman–Crippen LogP) is 1.45. The third-order valence-corrected chi connectivity index (χ3v) is 2.33. The van der Waals surface area contributed by atoms with Crippen LogP contribution in [0.15, 0.2) is 18.2 Å². The van der Waals surface area contributed by atoms with Crippen molar-refractivity contribution in [1.82, 2.24) is 5.32 Å². The van der Waals surface area contributed by atoms with Gasteiger partial charge in [-0.15, -0.1) is 0 Å². The van der Waals surface area contributed by atoms with Crippen molar-refractivity contribution in [3.8, 4) is 6.07 Å². The van der Waals surface area contributed by atoms with E-state index in [1.807, 2.05) is 0 Å². The van der Waals surface area contributed by atoms with E-state index in [1.54, 1.807) is 6.07 Å². The zero-order chi connectivity index (χ0) is 14.4. The first-order valence-electron chi connectivity index (χ1n) is 5.31. The van der Waals surface area contributed by atoms with Crippen LogP contribution in [0.4, 0.5) is 8.78 Å². The molecule has 1 rings (SSSR count). The second-order valence-electron chi connectivity index (χ2n) is 3.69. The van der Waals surface area contributed by atoms with E-state index in [0.717, 1.165) is 12.1 Å². The molecule has 0 unspecified atom stereocenters. The normalized spacial score (nSPS) is 11.4. The average Bonchev–Trinajstić information content (AvgIpc) is 2.37. The minimum atomic E-state index is -1.30. The summed E-state index contributed by atoms with van der Waals surface area (Å²) in [4.78, 5) is 22.5. The summed E-state index contributed by atoms with van der Waals surface area (Å²) < 4.78 is 25.6. The maximum Gasteiger partial charge on any atom is 0.326 e. The van der Waals surface area contributed by atoms with E-state index in [2.05, 4.69) is 5.32 Å². The molecule has 0 aliphatic carbocycles. The quantitative estimate of drug-likeness (QED) is 0.845. The van der Waals surface area contributed by atoms with Crippen molar-refractivity contribution < 1.29 is 23.5 Å². The van der Waals surface area contributed by atoms with E-state index < -0.39 is 29.6 Å². The van der Waals surface area contributed by atoms with Crippen LogP contribution in [0.5, 0.6) is 0 Å². The maximum atomic E-state index is 12.9. The van der Waals surface area contributed by atoms with Gasteiger partial charge in [-0.3, -0.25) is 4.79 Å². The van der Waals surface area contributed by atoms with Crippen molar-refractivity contribution in [1.29, 1.82) is 5.26 Å². The molecule has 7 heteroatoms. The minimum Gasteiger partial charge on any atom is -0.480 e. The molecule has 0 fully saturated rings. The number of nitrogens with one attached hydrogen (secondary N) is 1. The molecule has 1 aromatic carbocycles. The van der Waals surface area contributed by atoms with Crippen molar-refractivity contribution in [3.63, 3.8) is 0 Å². The molecule has 0 spiro atoms. The molecule has 100 valence electrons. The number of amides is 1. The Morgan fingerprint density at radius 3 is 2.58 bits per heavy atom. The lowest BCUT2D eigenvalue weighted by Gasteiger charge is -2.13. The first-order valence-corrected chi connectivity index (χ1v) is 5.31. The number of nitriles is 1. The third-order valence-electron chi connectivity index (χ3n) is 2.33. The fourth-order valence-corrected chi connectivity index (χ4v) is 1.35. The minimum absolute atomic E-state index is 0.0466. The van der Waals surface area contributed by atoms with E-state index in [1.165, 1.54) is 0 Å². The number of carboxylic acids is 1. The first kappa shape index (κ1) is 14.6. The van der Waals surface area contributed by atoms with Crippen LogP contribution >= 0.6 is 0 Å². The van der Waals surface area contributed by atoms with E-state index in [-0.39, 0.29) is 18.4 Å². The Morgan fingerprint density at radius 1 is 1.37 bits per heavy atom. The smallest absolute Gasteiger partial charge is 0.326 e. The van der Waals surface area contributed by atoms with Crippen LogP contribution in [-0.4, -0.2) is 23.0 Å². The molecule has 2 N–H and O–H groups in total. The van der Waals surface area contributed by atoms with Crippen molar-refractivity contribution in [2.75, 3.05) is 0 Å². The van der Waals surface area contributed by atoms with Crippen LogP contribution in [0, 0.1) is 23.0 Å². The number of rotatable bonds is 5. The van der Waals surface area contributed by atoms with Crippen LogP contribution in [0.2, 0.25) is 0 Å². The molecule has 5 nitrogen and oxygen atoms in total. The Morgan fingerprint density at radius 2 is 2.05 bits per heavy atom. The monoisotopic (exact) mass is 268 g/mol. The highest BCUT2D eigenvalue weighted by Crippen LogP contribution is 2.09. The topological polar surface area (TPSA) is 90.2 Å². The Hall–Kier alpha value is -2.49. The number of hydrogen-bond acceptors (Lipinski definition) is 3. The second kappa shape index (κ2) is 6.44. The van der Waals surface area contributed by atoms with Gasteiger partial charge in [0.1, 0.15) is 6.04 Å². The Kier molecular flexibility index (Phi) is 4.94. The van der Waals surface area contributed by atoms with E-state index in [9.17, 15) is 18.4 Å². The fourth-order valence-electron chi connectivity index (χ4n) is 1.35. The third kappa shape index (κ3) is 4.03. The molecule has 0 aromatic heterocycles. The van der Waals surface area contributed by atoms with Crippen LogP contribution in [0.1, 0.15) is 23.2 Å². The summed E-state index contributed by atoms with van der Waals surface area (Å²) in [5.41, 5.74) is -0.192. The van der Waals surface area contributed by atoms with Gasteiger partial charge >= 0.3 is 5.97 Å². The summed E-state index contributed by atoms with van der Waals surface area (Å²) in [6, 6.07) is 2.99. The molecule has 0 heterocycles. The van der Waals surface area contributed by atoms with Crippen LogP contribution in [-0.2, 0) is 4.79 Å². The van der Waals surface area contributed by atoms with Gasteiger partial charge in [-0.2, -0.15) is 5.26 Å². The molecule has 0 radical (unpaired) electrons. The van der Waals surface area contributed by atoms with Gasteiger partial charge in [0, 0.05) is 12.0 Å². The first-order chi connectivity index (χ1) is 8.95. The molecule has 0 aliphatic rings. The standard InChI is InChI=1S/C12H10F2N2O3/c13-8-4-3-7(6-9(8)14)11(17)16-10(12(18)19)2-1-5-15/h3-4,6,10H,1-2H2,(H,16,17)(H,18,19)/t10-/m0/s1. The number of halogens is 2. The summed E-state index contributed by atoms with van der Waals surface area (Å²) in [5.74, 6) is -4.44. The van der Waals surface area contributed by atoms with Crippen molar-refractivity contribution in [2.45, 2.75) is 18.9 Å². The summed E-state index contributed by atoms with van der Waals surface area (Å²) >= 11 is 0. The highest BCUT2D eigenvalue weighted by atomic mass is 19.2. The molecule has 0 bridgehead atoms. The van der Waals surface area contributed by atoms with Gasteiger partial charge in [-0.05, 0) is 24.6 Å². The zero-order valence-electron chi connectivity index (χ0n) is 9.69. The van der Waals surface area contributed by atoms with Gasteiger partial charge in [0.2, 0.25) is 0 Å². The highest BCUT2D eigenvalue weighted by molar-refractivity contribution is 5.96. The van der Waals surface area contributed by atoms with Gasteiger partial charge in [0.25, 0.3) is 5.91 Å². The maximum absolute atomic E-state index is 12.9. The number of carbonyl (C=O) groups is 2. The second-order valence-corrected chi connectivity index (χ2v) is 3.69. The van der Waals surface area contributed by atoms with Gasteiger partial charge in [0.05, 0.1) is 6.07 Å². The lowest BCUT2D eigenvalue weighted by molar-refractivity contribution is -0.139. The lowest BCUT2D eigenvalue weighted by atomic mass is 10.1. The largest absolute Gasteiger partial charge is 0.480 e.